The number of nitrogens with two attached hydrogens (primary N) is 1. The molecule has 1 saturated heterocycles. The molecule has 0 atom stereocenters. The number of para-hydroxylation sites is 1. The van der Waals surface area contributed by atoms with E-state index in [9.17, 15) is 4.79 Å². The molecule has 4 nitrogen and oxygen atoms in total. The number of nitrogens with one attached hydrogen (secondary N) is 1. The van der Waals surface area contributed by atoms with E-state index in [0.29, 0.717) is 5.75 Å². The first-order valence-corrected chi connectivity index (χ1v) is 7.22. The number of rotatable bonds is 3. The van der Waals surface area contributed by atoms with Crippen molar-refractivity contribution in [1.29, 1.82) is 0 Å². The molecule has 2 rings (SSSR count). The maximum atomic E-state index is 12.1. The minimum Gasteiger partial charge on any atom is -0.398 e. The average Bonchev–Trinajstić information content (AvgIpc) is 2.66. The fraction of sp³-hybridized carbons (Fsp3) is 0.462. The monoisotopic (exact) mass is 265 g/mol. The van der Waals surface area contributed by atoms with E-state index >= 15 is 0 Å². The lowest BCUT2D eigenvalue weighted by atomic mass is 10.3. The number of nitrogens with zero attached hydrogens (tertiary/aromatic N) is 1. The minimum absolute atomic E-state index is 0.201. The molecular formula is C13H19N3OS. The van der Waals surface area contributed by atoms with Crippen molar-refractivity contribution in [2.45, 2.75) is 11.3 Å². The number of hydrogen-bond donors (Lipinski definition) is 2. The molecule has 1 amide bonds. The fourth-order valence-electron chi connectivity index (χ4n) is 1.94. The van der Waals surface area contributed by atoms with Crippen LogP contribution in [0.15, 0.2) is 29.2 Å². The van der Waals surface area contributed by atoms with E-state index in [0.717, 1.165) is 43.2 Å². The second-order valence-corrected chi connectivity index (χ2v) is 5.33. The molecule has 1 aliphatic rings. The van der Waals surface area contributed by atoms with Gasteiger partial charge >= 0.3 is 0 Å². The highest BCUT2D eigenvalue weighted by atomic mass is 32.2. The molecule has 5 heteroatoms. The topological polar surface area (TPSA) is 58.4 Å². The van der Waals surface area contributed by atoms with Crippen LogP contribution < -0.4 is 11.1 Å². The summed E-state index contributed by atoms with van der Waals surface area (Å²) in [6, 6.07) is 7.67. The summed E-state index contributed by atoms with van der Waals surface area (Å²) < 4.78 is 0. The van der Waals surface area contributed by atoms with Gasteiger partial charge in [0.2, 0.25) is 5.91 Å². The maximum Gasteiger partial charge on any atom is 0.232 e. The van der Waals surface area contributed by atoms with E-state index < -0.39 is 0 Å². The van der Waals surface area contributed by atoms with Gasteiger partial charge in [-0.05, 0) is 25.1 Å². The Morgan fingerprint density at radius 1 is 1.33 bits per heavy atom. The predicted octanol–water partition coefficient (Wildman–Crippen LogP) is 1.18. The molecule has 1 aromatic carbocycles. The van der Waals surface area contributed by atoms with Crippen LogP contribution in [-0.2, 0) is 4.79 Å². The number of amides is 1. The first-order chi connectivity index (χ1) is 8.77. The van der Waals surface area contributed by atoms with Gasteiger partial charge in [0.15, 0.2) is 0 Å². The van der Waals surface area contributed by atoms with Gasteiger partial charge in [-0.15, -0.1) is 11.8 Å². The summed E-state index contributed by atoms with van der Waals surface area (Å²) in [6.45, 7) is 3.56. The zero-order chi connectivity index (χ0) is 12.8. The summed E-state index contributed by atoms with van der Waals surface area (Å²) in [5, 5.41) is 3.29. The maximum absolute atomic E-state index is 12.1. The number of hydrogen-bond acceptors (Lipinski definition) is 4. The molecule has 0 aromatic heterocycles. The Morgan fingerprint density at radius 3 is 3.00 bits per heavy atom. The molecule has 0 spiro atoms. The van der Waals surface area contributed by atoms with Gasteiger partial charge in [-0.25, -0.2) is 0 Å². The molecule has 18 heavy (non-hydrogen) atoms. The van der Waals surface area contributed by atoms with Gasteiger partial charge in [0, 0.05) is 30.2 Å². The third-order valence-corrected chi connectivity index (χ3v) is 4.04. The van der Waals surface area contributed by atoms with Crippen LogP contribution in [0, 0.1) is 0 Å². The van der Waals surface area contributed by atoms with E-state index in [-0.39, 0.29) is 5.91 Å². The van der Waals surface area contributed by atoms with Gasteiger partial charge in [-0.1, -0.05) is 12.1 Å². The lowest BCUT2D eigenvalue weighted by molar-refractivity contribution is -0.128. The van der Waals surface area contributed by atoms with Crippen molar-refractivity contribution in [3.05, 3.63) is 24.3 Å². The van der Waals surface area contributed by atoms with Crippen LogP contribution in [0.2, 0.25) is 0 Å². The third-order valence-electron chi connectivity index (χ3n) is 2.96. The Kier molecular flexibility index (Phi) is 4.90. The summed E-state index contributed by atoms with van der Waals surface area (Å²) in [6.07, 6.45) is 1.03. The minimum atomic E-state index is 0.201. The van der Waals surface area contributed by atoms with Crippen LogP contribution in [0.1, 0.15) is 6.42 Å². The van der Waals surface area contributed by atoms with E-state index in [4.69, 9.17) is 5.73 Å². The van der Waals surface area contributed by atoms with E-state index in [1.165, 1.54) is 11.8 Å². The lowest BCUT2D eigenvalue weighted by Crippen LogP contribution is -2.35. The highest BCUT2D eigenvalue weighted by Gasteiger charge is 2.15. The largest absolute Gasteiger partial charge is 0.398 e. The fourth-order valence-corrected chi connectivity index (χ4v) is 2.81. The van der Waals surface area contributed by atoms with Gasteiger partial charge in [-0.2, -0.15) is 0 Å². The number of carbonyl (C=O) groups is 1. The average molecular weight is 265 g/mol. The number of thioether (sulfide) groups is 1. The van der Waals surface area contributed by atoms with Crippen molar-refractivity contribution in [2.24, 2.45) is 0 Å². The molecule has 1 aromatic rings. The van der Waals surface area contributed by atoms with Crippen molar-refractivity contribution in [3.8, 4) is 0 Å². The summed E-state index contributed by atoms with van der Waals surface area (Å²) in [5.41, 5.74) is 6.60. The second kappa shape index (κ2) is 6.66. The lowest BCUT2D eigenvalue weighted by Gasteiger charge is -2.19. The van der Waals surface area contributed by atoms with Crippen molar-refractivity contribution in [3.63, 3.8) is 0 Å². The van der Waals surface area contributed by atoms with Gasteiger partial charge < -0.3 is 16.0 Å². The van der Waals surface area contributed by atoms with Crippen LogP contribution in [0.4, 0.5) is 5.69 Å². The Labute approximate surface area is 112 Å². The molecule has 0 radical (unpaired) electrons. The SMILES string of the molecule is Nc1ccccc1SCC(=O)N1CCCNCC1. The van der Waals surface area contributed by atoms with Crippen LogP contribution in [0.3, 0.4) is 0 Å². The van der Waals surface area contributed by atoms with Crippen LogP contribution >= 0.6 is 11.8 Å². The predicted molar refractivity (Wildman–Crippen MR) is 75.6 cm³/mol. The molecular weight excluding hydrogens is 246 g/mol. The summed E-state index contributed by atoms with van der Waals surface area (Å²) in [5.74, 6) is 0.667. The normalized spacial score (nSPS) is 16.3. The molecule has 1 fully saturated rings. The highest BCUT2D eigenvalue weighted by Crippen LogP contribution is 2.24. The first-order valence-electron chi connectivity index (χ1n) is 6.23. The van der Waals surface area contributed by atoms with E-state index in [2.05, 4.69) is 5.32 Å². The Hall–Kier alpha value is -1.20. The highest BCUT2D eigenvalue weighted by molar-refractivity contribution is 8.00. The van der Waals surface area contributed by atoms with Crippen LogP contribution in [0.25, 0.3) is 0 Å². The Morgan fingerprint density at radius 2 is 2.17 bits per heavy atom. The van der Waals surface area contributed by atoms with Crippen molar-refractivity contribution in [1.82, 2.24) is 10.2 Å². The molecule has 3 N–H and O–H groups in total. The number of carbonyl (C=O) groups excluding carboxylic acids is 1. The van der Waals surface area contributed by atoms with Crippen LogP contribution in [-0.4, -0.2) is 42.7 Å². The molecule has 98 valence electrons. The van der Waals surface area contributed by atoms with E-state index in [1.807, 2.05) is 29.2 Å². The third kappa shape index (κ3) is 3.65. The van der Waals surface area contributed by atoms with Crippen molar-refractivity contribution in [2.75, 3.05) is 37.7 Å². The standard InChI is InChI=1S/C13H19N3OS/c14-11-4-1-2-5-12(11)18-10-13(17)16-8-3-6-15-7-9-16/h1-2,4-5,15H,3,6-10,14H2. The van der Waals surface area contributed by atoms with Gasteiger partial charge in [0.1, 0.15) is 0 Å². The summed E-state index contributed by atoms with van der Waals surface area (Å²) >= 11 is 1.52. The van der Waals surface area contributed by atoms with Gasteiger partial charge in [0.25, 0.3) is 0 Å². The molecule has 0 aliphatic carbocycles. The molecule has 0 bridgehead atoms. The molecule has 0 saturated carbocycles. The molecule has 1 aliphatic heterocycles. The summed E-state index contributed by atoms with van der Waals surface area (Å²) in [4.78, 5) is 15.0. The summed E-state index contributed by atoms with van der Waals surface area (Å²) in [7, 11) is 0. The van der Waals surface area contributed by atoms with Gasteiger partial charge in [0.05, 0.1) is 5.75 Å². The zero-order valence-corrected chi connectivity index (χ0v) is 11.2. The van der Waals surface area contributed by atoms with Crippen LogP contribution in [0.5, 0.6) is 0 Å². The number of nitrogen functional groups attached to an aromatic ring is 1. The smallest absolute Gasteiger partial charge is 0.232 e. The van der Waals surface area contributed by atoms with Gasteiger partial charge in [-0.3, -0.25) is 4.79 Å². The number of benzene rings is 1. The Balaban J connectivity index is 1.86. The molecule has 1 heterocycles. The zero-order valence-electron chi connectivity index (χ0n) is 10.4. The first kappa shape index (κ1) is 13.2. The number of anilines is 1. The second-order valence-electron chi connectivity index (χ2n) is 4.31. The van der Waals surface area contributed by atoms with Crippen molar-refractivity contribution >= 4 is 23.4 Å². The Bertz CT molecular complexity index is 403. The quantitative estimate of drug-likeness (QED) is 0.636. The molecule has 0 unspecified atom stereocenters. The van der Waals surface area contributed by atoms with Crippen molar-refractivity contribution < 1.29 is 4.79 Å². The van der Waals surface area contributed by atoms with E-state index in [1.54, 1.807) is 0 Å².